The van der Waals surface area contributed by atoms with Crippen LogP contribution in [0, 0.1) is 0 Å². The summed E-state index contributed by atoms with van der Waals surface area (Å²) in [6, 6.07) is 6.25. The van der Waals surface area contributed by atoms with E-state index in [0.29, 0.717) is 5.92 Å². The van der Waals surface area contributed by atoms with Crippen molar-refractivity contribution in [1.82, 2.24) is 10.3 Å². The van der Waals surface area contributed by atoms with Gasteiger partial charge in [0.1, 0.15) is 5.75 Å². The number of ether oxygens (including phenoxy) is 1. The lowest BCUT2D eigenvalue weighted by molar-refractivity contribution is 0.344. The van der Waals surface area contributed by atoms with Gasteiger partial charge in [-0.15, -0.1) is 0 Å². The second-order valence-corrected chi connectivity index (χ2v) is 4.88. The Hall–Kier alpha value is -1.48. The fourth-order valence-corrected chi connectivity index (χ4v) is 2.91. The van der Waals surface area contributed by atoms with Crippen LogP contribution in [0.5, 0.6) is 5.75 Å². The predicted molar refractivity (Wildman–Crippen MR) is 74.3 cm³/mol. The molecule has 0 spiro atoms. The second kappa shape index (κ2) is 5.02. The number of nitrogens with one attached hydrogen (secondary N) is 2. The third-order valence-electron chi connectivity index (χ3n) is 3.78. The van der Waals surface area contributed by atoms with E-state index in [9.17, 15) is 0 Å². The molecule has 0 unspecified atom stereocenters. The quantitative estimate of drug-likeness (QED) is 0.870. The highest BCUT2D eigenvalue weighted by Crippen LogP contribution is 2.36. The van der Waals surface area contributed by atoms with E-state index in [4.69, 9.17) is 4.74 Å². The number of rotatable bonds is 3. The molecule has 1 aromatic heterocycles. The van der Waals surface area contributed by atoms with Crippen LogP contribution in [0.15, 0.2) is 24.4 Å². The highest BCUT2D eigenvalue weighted by Gasteiger charge is 2.20. The van der Waals surface area contributed by atoms with Crippen LogP contribution in [0.4, 0.5) is 0 Å². The van der Waals surface area contributed by atoms with E-state index < -0.39 is 0 Å². The Labute approximate surface area is 108 Å². The van der Waals surface area contributed by atoms with Crippen LogP contribution in [-0.4, -0.2) is 24.7 Å². The lowest BCUT2D eigenvalue weighted by Crippen LogP contribution is -2.26. The van der Waals surface area contributed by atoms with E-state index in [1.807, 2.05) is 6.92 Å². The number of hydrogen-bond donors (Lipinski definition) is 2. The van der Waals surface area contributed by atoms with Gasteiger partial charge in [-0.05, 0) is 56.5 Å². The first-order chi connectivity index (χ1) is 8.90. The topological polar surface area (TPSA) is 37.0 Å². The van der Waals surface area contributed by atoms with Crippen LogP contribution in [0.1, 0.15) is 31.2 Å². The van der Waals surface area contributed by atoms with Gasteiger partial charge in [0, 0.05) is 17.1 Å². The molecule has 96 valence electrons. The van der Waals surface area contributed by atoms with Crippen LogP contribution in [0.2, 0.25) is 0 Å². The van der Waals surface area contributed by atoms with Crippen molar-refractivity contribution in [3.05, 3.63) is 30.0 Å². The van der Waals surface area contributed by atoms with Crippen molar-refractivity contribution in [3.8, 4) is 5.75 Å². The molecule has 3 heteroatoms. The van der Waals surface area contributed by atoms with Crippen LogP contribution < -0.4 is 10.1 Å². The number of hydrogen-bond acceptors (Lipinski definition) is 2. The molecule has 18 heavy (non-hydrogen) atoms. The van der Waals surface area contributed by atoms with E-state index >= 15 is 0 Å². The molecule has 0 aliphatic carbocycles. The highest BCUT2D eigenvalue weighted by molar-refractivity contribution is 5.89. The number of aromatic amines is 1. The molecule has 0 bridgehead atoms. The zero-order valence-electron chi connectivity index (χ0n) is 10.8. The minimum Gasteiger partial charge on any atom is -0.493 e. The van der Waals surface area contributed by atoms with Gasteiger partial charge in [-0.1, -0.05) is 6.07 Å². The van der Waals surface area contributed by atoms with Crippen molar-refractivity contribution >= 4 is 10.9 Å². The fourth-order valence-electron chi connectivity index (χ4n) is 2.91. The number of aromatic nitrogens is 1. The minimum atomic E-state index is 0.654. The molecule has 0 atom stereocenters. The average molecular weight is 244 g/mol. The van der Waals surface area contributed by atoms with Gasteiger partial charge in [-0.3, -0.25) is 0 Å². The van der Waals surface area contributed by atoms with Gasteiger partial charge in [0.25, 0.3) is 0 Å². The van der Waals surface area contributed by atoms with Crippen molar-refractivity contribution in [2.75, 3.05) is 19.7 Å². The maximum Gasteiger partial charge on any atom is 0.128 e. The van der Waals surface area contributed by atoms with E-state index in [2.05, 4.69) is 34.7 Å². The van der Waals surface area contributed by atoms with E-state index in [1.165, 1.54) is 29.3 Å². The van der Waals surface area contributed by atoms with Gasteiger partial charge in [-0.25, -0.2) is 0 Å². The molecular formula is C15H20N2O. The molecule has 2 aromatic rings. The molecule has 2 heterocycles. The molecule has 1 aromatic carbocycles. The third-order valence-corrected chi connectivity index (χ3v) is 3.78. The Morgan fingerprint density at radius 2 is 2.11 bits per heavy atom. The molecule has 1 aliphatic heterocycles. The summed E-state index contributed by atoms with van der Waals surface area (Å²) in [7, 11) is 0. The standard InChI is InChI=1S/C15H20N2O/c1-2-18-14-5-3-4-13-15(14)12(10-17-13)11-6-8-16-9-7-11/h3-5,10-11,16-17H,2,6-9H2,1H3. The minimum absolute atomic E-state index is 0.654. The maximum atomic E-state index is 5.77. The summed E-state index contributed by atoms with van der Waals surface area (Å²) in [5, 5.41) is 4.71. The molecule has 1 fully saturated rings. The first-order valence-electron chi connectivity index (χ1n) is 6.83. The number of H-pyrrole nitrogens is 1. The van der Waals surface area contributed by atoms with Crippen LogP contribution in [0.3, 0.4) is 0 Å². The summed E-state index contributed by atoms with van der Waals surface area (Å²) < 4.78 is 5.77. The molecule has 3 rings (SSSR count). The summed E-state index contributed by atoms with van der Waals surface area (Å²) >= 11 is 0. The van der Waals surface area contributed by atoms with E-state index in [-0.39, 0.29) is 0 Å². The monoisotopic (exact) mass is 244 g/mol. The van der Waals surface area contributed by atoms with E-state index in [1.54, 1.807) is 0 Å². The van der Waals surface area contributed by atoms with Gasteiger partial charge in [0.15, 0.2) is 0 Å². The van der Waals surface area contributed by atoms with Crippen LogP contribution >= 0.6 is 0 Å². The Morgan fingerprint density at radius 3 is 2.89 bits per heavy atom. The zero-order valence-corrected chi connectivity index (χ0v) is 10.8. The van der Waals surface area contributed by atoms with Crippen LogP contribution in [-0.2, 0) is 0 Å². The van der Waals surface area contributed by atoms with Gasteiger partial charge in [0.05, 0.1) is 6.61 Å². The van der Waals surface area contributed by atoms with Crippen LogP contribution in [0.25, 0.3) is 10.9 Å². The highest BCUT2D eigenvalue weighted by atomic mass is 16.5. The second-order valence-electron chi connectivity index (χ2n) is 4.88. The number of fused-ring (bicyclic) bond motifs is 1. The Bertz CT molecular complexity index is 526. The Kier molecular flexibility index (Phi) is 3.24. The normalized spacial score (nSPS) is 17.2. The summed E-state index contributed by atoms with van der Waals surface area (Å²) in [4.78, 5) is 3.38. The summed E-state index contributed by atoms with van der Waals surface area (Å²) in [6.45, 7) is 4.99. The van der Waals surface area contributed by atoms with Gasteiger partial charge in [0.2, 0.25) is 0 Å². The van der Waals surface area contributed by atoms with Crippen molar-refractivity contribution in [2.24, 2.45) is 0 Å². The van der Waals surface area contributed by atoms with Crippen molar-refractivity contribution < 1.29 is 4.74 Å². The van der Waals surface area contributed by atoms with Crippen molar-refractivity contribution in [1.29, 1.82) is 0 Å². The molecule has 0 radical (unpaired) electrons. The summed E-state index contributed by atoms with van der Waals surface area (Å²) in [5.41, 5.74) is 2.62. The first-order valence-corrected chi connectivity index (χ1v) is 6.83. The van der Waals surface area contributed by atoms with E-state index in [0.717, 1.165) is 25.4 Å². The average Bonchev–Trinajstić information content (AvgIpc) is 2.85. The summed E-state index contributed by atoms with van der Waals surface area (Å²) in [5.74, 6) is 1.67. The molecule has 1 saturated heterocycles. The fraction of sp³-hybridized carbons (Fsp3) is 0.467. The lowest BCUT2D eigenvalue weighted by atomic mass is 9.90. The predicted octanol–water partition coefficient (Wildman–Crippen LogP) is 3.03. The summed E-state index contributed by atoms with van der Waals surface area (Å²) in [6.07, 6.45) is 4.60. The smallest absolute Gasteiger partial charge is 0.128 e. The Morgan fingerprint density at radius 1 is 1.28 bits per heavy atom. The number of benzene rings is 1. The first kappa shape index (κ1) is 11.6. The van der Waals surface area contributed by atoms with Gasteiger partial charge in [-0.2, -0.15) is 0 Å². The largest absolute Gasteiger partial charge is 0.493 e. The molecule has 2 N–H and O–H groups in total. The lowest BCUT2D eigenvalue weighted by Gasteiger charge is -2.22. The molecule has 0 saturated carbocycles. The maximum absolute atomic E-state index is 5.77. The molecular weight excluding hydrogens is 224 g/mol. The van der Waals surface area contributed by atoms with Gasteiger partial charge >= 0.3 is 0 Å². The molecule has 0 amide bonds. The van der Waals surface area contributed by atoms with Crippen molar-refractivity contribution in [2.45, 2.75) is 25.7 Å². The molecule has 3 nitrogen and oxygen atoms in total. The zero-order chi connectivity index (χ0) is 12.4. The van der Waals surface area contributed by atoms with Gasteiger partial charge < -0.3 is 15.0 Å². The Balaban J connectivity index is 2.05. The number of piperidine rings is 1. The molecule has 1 aliphatic rings. The SMILES string of the molecule is CCOc1cccc2[nH]cc(C3CCNCC3)c12. The van der Waals surface area contributed by atoms with Crippen molar-refractivity contribution in [3.63, 3.8) is 0 Å². The third kappa shape index (κ3) is 1.99.